The maximum absolute atomic E-state index is 13.3. The third-order valence-corrected chi connectivity index (χ3v) is 3.29. The number of nitrogens with zero attached hydrogens (tertiary/aromatic N) is 3. The zero-order chi connectivity index (χ0) is 13.1. The zero-order valence-corrected chi connectivity index (χ0v) is 11.8. The van der Waals surface area contributed by atoms with E-state index in [0.717, 1.165) is 22.3 Å². The maximum Gasteiger partial charge on any atom is 0.141 e. The van der Waals surface area contributed by atoms with E-state index in [1.807, 2.05) is 14.0 Å². The van der Waals surface area contributed by atoms with Gasteiger partial charge in [-0.25, -0.2) is 4.39 Å². The Kier molecular flexibility index (Phi) is 4.08. The summed E-state index contributed by atoms with van der Waals surface area (Å²) in [4.78, 5) is 3.90. The van der Waals surface area contributed by atoms with Crippen molar-refractivity contribution in [2.45, 2.75) is 13.0 Å². The summed E-state index contributed by atoms with van der Waals surface area (Å²) in [6.07, 6.45) is 4.59. The van der Waals surface area contributed by atoms with E-state index in [4.69, 9.17) is 0 Å². The predicted molar refractivity (Wildman–Crippen MR) is 70.6 cm³/mol. The van der Waals surface area contributed by atoms with Crippen molar-refractivity contribution in [1.29, 1.82) is 0 Å². The van der Waals surface area contributed by atoms with Crippen LogP contribution in [-0.4, -0.2) is 21.3 Å². The molecule has 2 heterocycles. The van der Waals surface area contributed by atoms with Gasteiger partial charge in [-0.3, -0.25) is 9.67 Å². The Morgan fingerprint density at radius 3 is 2.78 bits per heavy atom. The molecular weight excluding hydrogens is 299 g/mol. The normalized spacial score (nSPS) is 12.7. The van der Waals surface area contributed by atoms with Crippen molar-refractivity contribution >= 4 is 15.9 Å². The molecule has 0 aliphatic heterocycles. The molecule has 0 saturated carbocycles. The summed E-state index contributed by atoms with van der Waals surface area (Å²) < 4.78 is 15.9. The van der Waals surface area contributed by atoms with E-state index in [1.54, 1.807) is 17.1 Å². The van der Waals surface area contributed by atoms with Crippen LogP contribution in [0, 0.1) is 5.82 Å². The Balaban J connectivity index is 2.46. The van der Waals surface area contributed by atoms with E-state index in [1.165, 1.54) is 12.3 Å². The van der Waals surface area contributed by atoms with Gasteiger partial charge in [0.25, 0.3) is 0 Å². The van der Waals surface area contributed by atoms with E-state index < -0.39 is 0 Å². The fourth-order valence-electron chi connectivity index (χ4n) is 1.91. The van der Waals surface area contributed by atoms with Gasteiger partial charge < -0.3 is 5.32 Å². The minimum absolute atomic E-state index is 0.139. The number of aromatic nitrogens is 3. The minimum atomic E-state index is -0.339. The van der Waals surface area contributed by atoms with Crippen molar-refractivity contribution in [3.63, 3.8) is 0 Å². The molecule has 0 saturated heterocycles. The Morgan fingerprint density at radius 1 is 1.44 bits per heavy atom. The summed E-state index contributed by atoms with van der Waals surface area (Å²) >= 11 is 3.47. The van der Waals surface area contributed by atoms with Crippen molar-refractivity contribution in [1.82, 2.24) is 20.1 Å². The van der Waals surface area contributed by atoms with Gasteiger partial charge >= 0.3 is 0 Å². The van der Waals surface area contributed by atoms with E-state index in [0.29, 0.717) is 0 Å². The summed E-state index contributed by atoms with van der Waals surface area (Å²) in [6.45, 7) is 2.77. The fraction of sp³-hybridized carbons (Fsp3) is 0.333. The van der Waals surface area contributed by atoms with E-state index in [2.05, 4.69) is 31.3 Å². The highest BCUT2D eigenvalue weighted by Crippen LogP contribution is 2.27. The molecule has 6 heteroatoms. The first-order valence-corrected chi connectivity index (χ1v) is 6.44. The first-order chi connectivity index (χ1) is 8.63. The van der Waals surface area contributed by atoms with E-state index in [-0.39, 0.29) is 11.9 Å². The van der Waals surface area contributed by atoms with E-state index >= 15 is 0 Å². The second-order valence-corrected chi connectivity index (χ2v) is 4.78. The van der Waals surface area contributed by atoms with Gasteiger partial charge in [-0.2, -0.15) is 5.10 Å². The maximum atomic E-state index is 13.3. The third kappa shape index (κ3) is 2.59. The lowest BCUT2D eigenvalue weighted by molar-refractivity contribution is 0.559. The van der Waals surface area contributed by atoms with Gasteiger partial charge in [0.1, 0.15) is 5.82 Å². The molecule has 96 valence electrons. The number of pyridine rings is 1. The van der Waals surface area contributed by atoms with Gasteiger partial charge in [0, 0.05) is 13.2 Å². The zero-order valence-electron chi connectivity index (χ0n) is 10.2. The Labute approximate surface area is 113 Å². The number of rotatable bonds is 4. The second-order valence-electron chi connectivity index (χ2n) is 3.93. The van der Waals surface area contributed by atoms with Crippen LogP contribution in [0.15, 0.2) is 29.1 Å². The van der Waals surface area contributed by atoms with Crippen LogP contribution in [-0.2, 0) is 7.05 Å². The Hall–Kier alpha value is -1.27. The average Bonchev–Trinajstić information content (AvgIpc) is 2.67. The number of halogens is 2. The standard InChI is InChI=1S/C12H14BrFN4/c1-3-16-11(8-4-9(14)6-15-5-8)12-10(13)7-17-18(12)2/h4-7,11,16H,3H2,1-2H3. The molecular formula is C12H14BrFN4. The van der Waals surface area contributed by atoms with Gasteiger partial charge in [0.15, 0.2) is 0 Å². The number of hydrogen-bond acceptors (Lipinski definition) is 3. The molecule has 0 aliphatic carbocycles. The molecule has 0 aromatic carbocycles. The quantitative estimate of drug-likeness (QED) is 0.943. The highest BCUT2D eigenvalue weighted by atomic mass is 79.9. The molecule has 0 aliphatic rings. The van der Waals surface area contributed by atoms with Crippen molar-refractivity contribution in [3.05, 3.63) is 46.2 Å². The van der Waals surface area contributed by atoms with Crippen LogP contribution >= 0.6 is 15.9 Å². The summed E-state index contributed by atoms with van der Waals surface area (Å²) in [5.74, 6) is -0.339. The lowest BCUT2D eigenvalue weighted by atomic mass is 10.1. The summed E-state index contributed by atoms with van der Waals surface area (Å²) in [6, 6.07) is 1.35. The monoisotopic (exact) mass is 312 g/mol. The molecule has 1 unspecified atom stereocenters. The van der Waals surface area contributed by atoms with Gasteiger partial charge in [-0.1, -0.05) is 6.92 Å². The van der Waals surface area contributed by atoms with Crippen LogP contribution in [0.2, 0.25) is 0 Å². The highest BCUT2D eigenvalue weighted by Gasteiger charge is 2.20. The SMILES string of the molecule is CCNC(c1cncc(F)c1)c1c(Br)cnn1C. The lowest BCUT2D eigenvalue weighted by Crippen LogP contribution is -2.24. The summed E-state index contributed by atoms with van der Waals surface area (Å²) in [5, 5.41) is 7.50. The lowest BCUT2D eigenvalue weighted by Gasteiger charge is -2.19. The molecule has 1 atom stereocenters. The molecule has 18 heavy (non-hydrogen) atoms. The molecule has 1 N–H and O–H groups in total. The molecule has 0 spiro atoms. The highest BCUT2D eigenvalue weighted by molar-refractivity contribution is 9.10. The largest absolute Gasteiger partial charge is 0.305 e. The fourth-order valence-corrected chi connectivity index (χ4v) is 2.48. The first kappa shape index (κ1) is 13.2. The van der Waals surface area contributed by atoms with Gasteiger partial charge in [0.05, 0.1) is 28.6 Å². The van der Waals surface area contributed by atoms with Crippen molar-refractivity contribution < 1.29 is 4.39 Å². The number of aryl methyl sites for hydroxylation is 1. The number of nitrogens with one attached hydrogen (secondary N) is 1. The molecule has 2 rings (SSSR count). The van der Waals surface area contributed by atoms with Gasteiger partial charge in [0.2, 0.25) is 0 Å². The van der Waals surface area contributed by atoms with Crippen LogP contribution < -0.4 is 5.32 Å². The molecule has 0 bridgehead atoms. The van der Waals surface area contributed by atoms with Gasteiger partial charge in [-0.05, 0) is 34.1 Å². The average molecular weight is 313 g/mol. The van der Waals surface area contributed by atoms with E-state index in [9.17, 15) is 4.39 Å². The molecule has 4 nitrogen and oxygen atoms in total. The summed E-state index contributed by atoms with van der Waals surface area (Å²) in [5.41, 5.74) is 1.73. The third-order valence-electron chi connectivity index (χ3n) is 2.68. The van der Waals surface area contributed by atoms with Crippen molar-refractivity contribution in [2.75, 3.05) is 6.54 Å². The van der Waals surface area contributed by atoms with Gasteiger partial charge in [-0.15, -0.1) is 0 Å². The Morgan fingerprint density at radius 2 is 2.22 bits per heavy atom. The summed E-state index contributed by atoms with van der Waals surface area (Å²) in [7, 11) is 1.86. The number of hydrogen-bond donors (Lipinski definition) is 1. The smallest absolute Gasteiger partial charge is 0.141 e. The van der Waals surface area contributed by atoms with Crippen molar-refractivity contribution in [2.24, 2.45) is 7.05 Å². The topological polar surface area (TPSA) is 42.7 Å². The van der Waals surface area contributed by atoms with Crippen LogP contribution in [0.4, 0.5) is 4.39 Å². The minimum Gasteiger partial charge on any atom is -0.305 e. The molecule has 2 aromatic heterocycles. The van der Waals surface area contributed by atoms with Crippen LogP contribution in [0.1, 0.15) is 24.2 Å². The predicted octanol–water partition coefficient (Wildman–Crippen LogP) is 2.42. The second kappa shape index (κ2) is 5.58. The Bertz CT molecular complexity index is 521. The molecule has 0 radical (unpaired) electrons. The molecule has 2 aromatic rings. The van der Waals surface area contributed by atoms with Crippen LogP contribution in [0.3, 0.4) is 0 Å². The molecule has 0 fully saturated rings. The molecule has 0 amide bonds. The van der Waals surface area contributed by atoms with Crippen LogP contribution in [0.25, 0.3) is 0 Å². The van der Waals surface area contributed by atoms with Crippen molar-refractivity contribution in [3.8, 4) is 0 Å². The van der Waals surface area contributed by atoms with Crippen LogP contribution in [0.5, 0.6) is 0 Å². The first-order valence-electron chi connectivity index (χ1n) is 5.64.